The molecule has 0 aliphatic heterocycles. The van der Waals surface area contributed by atoms with Crippen LogP contribution in [0.25, 0.3) is 0 Å². The van der Waals surface area contributed by atoms with Crippen molar-refractivity contribution in [1.29, 1.82) is 0 Å². The number of thiophene rings is 1. The van der Waals surface area contributed by atoms with Gasteiger partial charge in [0, 0.05) is 24.4 Å². The van der Waals surface area contributed by atoms with Crippen molar-refractivity contribution in [2.45, 2.75) is 16.6 Å². The minimum Gasteiger partial charge on any atom is -0.469 e. The summed E-state index contributed by atoms with van der Waals surface area (Å²) in [6, 6.07) is 11.3. The third-order valence-electron chi connectivity index (χ3n) is 4.27. The molecule has 2 N–H and O–H groups in total. The first-order chi connectivity index (χ1) is 14.4. The van der Waals surface area contributed by atoms with Crippen LogP contribution in [0.3, 0.4) is 0 Å². The minimum absolute atomic E-state index is 0.0700. The minimum atomic E-state index is -3.92. The quantitative estimate of drug-likeness (QED) is 0.405. The molecule has 7 nitrogen and oxygen atoms in total. The van der Waals surface area contributed by atoms with E-state index in [9.17, 15) is 22.4 Å². The Hall–Kier alpha value is -2.98. The molecule has 1 aromatic carbocycles. The fraction of sp³-hybridized carbons (Fsp3) is 0.200. The van der Waals surface area contributed by atoms with Gasteiger partial charge in [-0.3, -0.25) is 9.59 Å². The maximum atomic E-state index is 13.2. The van der Waals surface area contributed by atoms with E-state index >= 15 is 0 Å². The fourth-order valence-electron chi connectivity index (χ4n) is 2.73. The second-order valence-electron chi connectivity index (χ2n) is 6.30. The van der Waals surface area contributed by atoms with Crippen LogP contribution >= 0.6 is 11.3 Å². The first-order valence-electron chi connectivity index (χ1n) is 8.99. The Kier molecular flexibility index (Phi) is 7.01. The van der Waals surface area contributed by atoms with Gasteiger partial charge in [-0.15, -0.1) is 11.3 Å². The van der Waals surface area contributed by atoms with Crippen molar-refractivity contribution in [3.8, 4) is 0 Å². The topological polar surface area (TPSA) is 105 Å². The van der Waals surface area contributed by atoms with Crippen molar-refractivity contribution in [2.24, 2.45) is 0 Å². The second-order valence-corrected chi connectivity index (χ2v) is 9.41. The number of hydrogen-bond donors (Lipinski definition) is 2. The zero-order valence-corrected chi connectivity index (χ0v) is 17.3. The molecular formula is C20H19FN2O5S2. The van der Waals surface area contributed by atoms with Crippen LogP contribution < -0.4 is 10.6 Å². The van der Waals surface area contributed by atoms with E-state index in [0.29, 0.717) is 17.1 Å². The van der Waals surface area contributed by atoms with Gasteiger partial charge in [0.05, 0.1) is 11.2 Å². The lowest BCUT2D eigenvalue weighted by Gasteiger charge is -2.17. The van der Waals surface area contributed by atoms with Gasteiger partial charge in [0.25, 0.3) is 0 Å². The number of halogens is 1. The number of carbonyl (C=O) groups is 2. The number of furan rings is 1. The van der Waals surface area contributed by atoms with Crippen LogP contribution in [-0.4, -0.2) is 33.3 Å². The maximum Gasteiger partial charge on any atom is 0.309 e. The summed E-state index contributed by atoms with van der Waals surface area (Å²) in [6.45, 7) is -0.105. The van der Waals surface area contributed by atoms with Gasteiger partial charge in [0.15, 0.2) is 9.84 Å². The van der Waals surface area contributed by atoms with Crippen molar-refractivity contribution in [1.82, 2.24) is 10.6 Å². The van der Waals surface area contributed by atoms with Crippen molar-refractivity contribution >= 4 is 33.0 Å². The Balaban J connectivity index is 1.65. The summed E-state index contributed by atoms with van der Waals surface area (Å²) in [5, 5.41) is 5.44. The lowest BCUT2D eigenvalue weighted by Crippen LogP contribution is -2.42. The number of rotatable bonds is 8. The molecule has 0 saturated heterocycles. The Bertz CT molecular complexity index is 1080. The highest BCUT2D eigenvalue weighted by Gasteiger charge is 2.31. The fourth-order valence-corrected chi connectivity index (χ4v) is 5.51. The average Bonchev–Trinajstić information content (AvgIpc) is 3.42. The number of benzene rings is 1. The molecule has 2 aromatic heterocycles. The molecule has 158 valence electrons. The summed E-state index contributed by atoms with van der Waals surface area (Å²) in [5.74, 6) is -1.70. The maximum absolute atomic E-state index is 13.2. The summed E-state index contributed by atoms with van der Waals surface area (Å²) in [6.07, 6.45) is 1.93. The highest BCUT2D eigenvalue weighted by atomic mass is 32.2. The van der Waals surface area contributed by atoms with Crippen LogP contribution in [0, 0.1) is 5.82 Å². The Labute approximate surface area is 176 Å². The number of sulfone groups is 1. The molecule has 0 unspecified atom stereocenters. The molecule has 10 heteroatoms. The number of nitrogens with one attached hydrogen (secondary N) is 2. The number of amides is 2. The van der Waals surface area contributed by atoms with Gasteiger partial charge < -0.3 is 15.1 Å². The summed E-state index contributed by atoms with van der Waals surface area (Å²) >= 11 is 1.21. The molecule has 3 aromatic rings. The number of carbonyl (C=O) groups excluding carboxylic acids is 2. The first-order valence-corrected chi connectivity index (χ1v) is 11.4. The van der Waals surface area contributed by atoms with E-state index in [1.165, 1.54) is 29.7 Å². The van der Waals surface area contributed by atoms with E-state index in [-0.39, 0.29) is 18.0 Å². The molecule has 0 spiro atoms. The highest BCUT2D eigenvalue weighted by molar-refractivity contribution is 7.91. The Morgan fingerprint density at radius 3 is 2.40 bits per heavy atom. The van der Waals surface area contributed by atoms with E-state index in [1.54, 1.807) is 29.6 Å². The molecule has 2 heterocycles. The van der Waals surface area contributed by atoms with Gasteiger partial charge >= 0.3 is 11.8 Å². The van der Waals surface area contributed by atoms with Gasteiger partial charge in [-0.1, -0.05) is 6.07 Å². The van der Waals surface area contributed by atoms with Crippen LogP contribution in [-0.2, 0) is 25.8 Å². The average molecular weight is 451 g/mol. The zero-order chi connectivity index (χ0) is 21.6. The van der Waals surface area contributed by atoms with Crippen LogP contribution in [0.1, 0.15) is 15.9 Å². The molecule has 3 rings (SSSR count). The Morgan fingerprint density at radius 2 is 1.77 bits per heavy atom. The van der Waals surface area contributed by atoms with Gasteiger partial charge in [-0.2, -0.15) is 0 Å². The lowest BCUT2D eigenvalue weighted by molar-refractivity contribution is -0.139. The monoisotopic (exact) mass is 450 g/mol. The van der Waals surface area contributed by atoms with Crippen LogP contribution in [0.5, 0.6) is 0 Å². The van der Waals surface area contributed by atoms with Crippen molar-refractivity contribution in [3.05, 3.63) is 76.6 Å². The number of hydrogen-bond acceptors (Lipinski definition) is 6. The third-order valence-corrected chi connectivity index (χ3v) is 7.50. The normalized spacial score (nSPS) is 12.3. The van der Waals surface area contributed by atoms with E-state index in [1.807, 2.05) is 0 Å². The van der Waals surface area contributed by atoms with Gasteiger partial charge in [-0.05, 0) is 47.8 Å². The van der Waals surface area contributed by atoms with Crippen molar-refractivity contribution in [2.75, 3.05) is 13.1 Å². The van der Waals surface area contributed by atoms with Crippen LogP contribution in [0.2, 0.25) is 0 Å². The van der Waals surface area contributed by atoms with Gasteiger partial charge in [0.2, 0.25) is 0 Å². The smallest absolute Gasteiger partial charge is 0.309 e. The van der Waals surface area contributed by atoms with E-state index in [0.717, 1.165) is 12.1 Å². The van der Waals surface area contributed by atoms with Crippen molar-refractivity contribution < 1.29 is 26.8 Å². The molecule has 0 aliphatic carbocycles. The predicted octanol–water partition coefficient (Wildman–Crippen LogP) is 2.47. The van der Waals surface area contributed by atoms with Gasteiger partial charge in [0.1, 0.15) is 16.8 Å². The molecule has 0 fully saturated rings. The zero-order valence-electron chi connectivity index (χ0n) is 15.7. The van der Waals surface area contributed by atoms with Crippen molar-refractivity contribution in [3.63, 3.8) is 0 Å². The Morgan fingerprint density at radius 1 is 1.03 bits per heavy atom. The molecule has 0 aliphatic rings. The molecule has 1 atom stereocenters. The third kappa shape index (κ3) is 5.33. The predicted molar refractivity (Wildman–Crippen MR) is 109 cm³/mol. The van der Waals surface area contributed by atoms with Crippen LogP contribution in [0.4, 0.5) is 4.39 Å². The summed E-state index contributed by atoms with van der Waals surface area (Å²) in [7, 11) is -3.92. The molecule has 30 heavy (non-hydrogen) atoms. The van der Waals surface area contributed by atoms with Gasteiger partial charge in [-0.25, -0.2) is 12.8 Å². The van der Waals surface area contributed by atoms with E-state index < -0.39 is 32.7 Å². The standard InChI is InChI=1S/C20H19FN2O5S2/c21-14-5-7-16(8-6-14)30(26,27)18(17-4-2-12-29-17)13-23-20(25)19(24)22-10-9-15-3-1-11-28-15/h1-8,11-12,18H,9-10,13H2,(H,22,24)(H,23,25)/t18-/m0/s1. The summed E-state index contributed by atoms with van der Waals surface area (Å²) in [5.41, 5.74) is 0. The molecule has 0 bridgehead atoms. The van der Waals surface area contributed by atoms with Crippen LogP contribution in [0.15, 0.2) is 69.5 Å². The molecule has 0 radical (unpaired) electrons. The first kappa shape index (κ1) is 21.7. The summed E-state index contributed by atoms with van der Waals surface area (Å²) < 4.78 is 44.4. The lowest BCUT2D eigenvalue weighted by atomic mass is 10.3. The van der Waals surface area contributed by atoms with E-state index in [2.05, 4.69) is 10.6 Å². The summed E-state index contributed by atoms with van der Waals surface area (Å²) in [4.78, 5) is 24.5. The highest BCUT2D eigenvalue weighted by Crippen LogP contribution is 2.31. The molecule has 0 saturated carbocycles. The molecule has 2 amide bonds. The second kappa shape index (κ2) is 9.68. The SMILES string of the molecule is O=C(NCCc1ccco1)C(=O)NC[C@@H](c1cccs1)S(=O)(=O)c1ccc(F)cc1. The largest absolute Gasteiger partial charge is 0.469 e. The van der Waals surface area contributed by atoms with E-state index in [4.69, 9.17) is 4.42 Å². The molecular weight excluding hydrogens is 431 g/mol.